The Bertz CT molecular complexity index is 378. The number of fused-ring (bicyclic) bond motifs is 2. The fraction of sp³-hybridized carbons (Fsp3) is 0.600. The second kappa shape index (κ2) is 4.43. The number of benzene rings is 1. The van der Waals surface area contributed by atoms with Crippen LogP contribution >= 0.6 is 0 Å². The number of nitrogens with zero attached hydrogens (tertiary/aromatic N) is 1. The van der Waals surface area contributed by atoms with E-state index in [0.29, 0.717) is 12.1 Å². The lowest BCUT2D eigenvalue weighted by Gasteiger charge is -2.31. The molecule has 4 atom stereocenters. The Hall–Kier alpha value is -0.860. The minimum Gasteiger partial charge on any atom is -0.393 e. The van der Waals surface area contributed by atoms with Crippen molar-refractivity contribution in [3.05, 3.63) is 35.9 Å². The summed E-state index contributed by atoms with van der Waals surface area (Å²) in [5.41, 5.74) is 1.40. The number of likely N-dealkylation sites (tertiary alicyclic amines) is 1. The molecule has 0 amide bonds. The van der Waals surface area contributed by atoms with E-state index < -0.39 is 0 Å². The zero-order chi connectivity index (χ0) is 11.8. The molecule has 2 fully saturated rings. The van der Waals surface area contributed by atoms with Gasteiger partial charge in [-0.25, -0.2) is 0 Å². The van der Waals surface area contributed by atoms with Crippen LogP contribution in [-0.4, -0.2) is 28.7 Å². The molecule has 2 heteroatoms. The van der Waals surface area contributed by atoms with E-state index >= 15 is 0 Å². The molecule has 1 N–H and O–H groups in total. The van der Waals surface area contributed by atoms with Crippen molar-refractivity contribution in [2.75, 3.05) is 6.54 Å². The van der Waals surface area contributed by atoms with Crippen LogP contribution in [0, 0.1) is 5.92 Å². The van der Waals surface area contributed by atoms with Crippen LogP contribution in [0.5, 0.6) is 0 Å². The van der Waals surface area contributed by atoms with Crippen LogP contribution in [0.1, 0.15) is 37.8 Å². The highest BCUT2D eigenvalue weighted by Crippen LogP contribution is 2.40. The lowest BCUT2D eigenvalue weighted by Crippen LogP contribution is -2.34. The second-order valence-corrected chi connectivity index (χ2v) is 5.66. The summed E-state index contributed by atoms with van der Waals surface area (Å²) in [6.07, 6.45) is 3.20. The maximum Gasteiger partial charge on any atom is 0.0558 e. The fourth-order valence-electron chi connectivity index (χ4n) is 3.64. The first-order valence-electron chi connectivity index (χ1n) is 6.73. The average molecular weight is 231 g/mol. The minimum atomic E-state index is -0.0632. The second-order valence-electron chi connectivity index (χ2n) is 5.66. The van der Waals surface area contributed by atoms with Crippen LogP contribution in [-0.2, 0) is 0 Å². The van der Waals surface area contributed by atoms with Crippen molar-refractivity contribution in [1.82, 2.24) is 4.90 Å². The lowest BCUT2D eigenvalue weighted by atomic mass is 9.88. The Balaban J connectivity index is 1.77. The number of aliphatic hydroxyl groups excluding tert-OH is 1. The highest BCUT2D eigenvalue weighted by molar-refractivity contribution is 5.19. The molecule has 1 heterocycles. The molecule has 1 aromatic rings. The largest absolute Gasteiger partial charge is 0.393 e. The number of rotatable bonds is 2. The van der Waals surface area contributed by atoms with Gasteiger partial charge in [0, 0.05) is 18.6 Å². The molecule has 0 unspecified atom stereocenters. The summed E-state index contributed by atoms with van der Waals surface area (Å²) < 4.78 is 0. The van der Waals surface area contributed by atoms with Crippen LogP contribution < -0.4 is 0 Å². The van der Waals surface area contributed by atoms with Gasteiger partial charge in [-0.1, -0.05) is 30.3 Å². The van der Waals surface area contributed by atoms with Crippen molar-refractivity contribution in [3.8, 4) is 0 Å². The highest BCUT2D eigenvalue weighted by Gasteiger charge is 2.40. The van der Waals surface area contributed by atoms with Gasteiger partial charge in [-0.15, -0.1) is 0 Å². The predicted octanol–water partition coefficient (Wildman–Crippen LogP) is 2.59. The van der Waals surface area contributed by atoms with Crippen LogP contribution in [0.3, 0.4) is 0 Å². The van der Waals surface area contributed by atoms with Crippen LogP contribution in [0.15, 0.2) is 30.3 Å². The van der Waals surface area contributed by atoms with Gasteiger partial charge in [-0.3, -0.25) is 4.90 Å². The van der Waals surface area contributed by atoms with Crippen molar-refractivity contribution in [2.24, 2.45) is 5.92 Å². The van der Waals surface area contributed by atoms with Crippen molar-refractivity contribution in [2.45, 2.75) is 44.4 Å². The lowest BCUT2D eigenvalue weighted by molar-refractivity contribution is 0.0907. The third kappa shape index (κ3) is 2.12. The van der Waals surface area contributed by atoms with Gasteiger partial charge in [0.15, 0.2) is 0 Å². The molecule has 0 spiro atoms. The fourth-order valence-corrected chi connectivity index (χ4v) is 3.64. The number of hydrogen-bond acceptors (Lipinski definition) is 2. The maximum absolute atomic E-state index is 9.83. The van der Waals surface area contributed by atoms with E-state index in [9.17, 15) is 5.11 Å². The molecule has 2 bridgehead atoms. The molecule has 1 aliphatic carbocycles. The Kier molecular flexibility index (Phi) is 2.93. The van der Waals surface area contributed by atoms with Crippen molar-refractivity contribution >= 4 is 0 Å². The zero-order valence-corrected chi connectivity index (χ0v) is 10.4. The van der Waals surface area contributed by atoms with Gasteiger partial charge in [0.1, 0.15) is 0 Å². The third-order valence-corrected chi connectivity index (χ3v) is 4.47. The molecular formula is C15H21NO. The molecule has 2 nitrogen and oxygen atoms in total. The smallest absolute Gasteiger partial charge is 0.0558 e. The standard InChI is InChI=1S/C15H21NO/c1-11(13-5-3-2-4-6-13)16-10-12-7-14(16)9-15(17)8-12/h2-6,11-12,14-15,17H,7-10H2,1H3/t11-,12+,14-,15+/m0/s1. The first kappa shape index (κ1) is 11.2. The quantitative estimate of drug-likeness (QED) is 0.845. The van der Waals surface area contributed by atoms with E-state index in [4.69, 9.17) is 0 Å². The molecule has 1 aromatic carbocycles. The molecule has 0 radical (unpaired) electrons. The van der Waals surface area contributed by atoms with Crippen LogP contribution in [0.25, 0.3) is 0 Å². The molecule has 0 aromatic heterocycles. The van der Waals surface area contributed by atoms with Crippen LogP contribution in [0.4, 0.5) is 0 Å². The molecule has 92 valence electrons. The maximum atomic E-state index is 9.83. The van der Waals surface area contributed by atoms with Gasteiger partial charge < -0.3 is 5.11 Å². The van der Waals surface area contributed by atoms with E-state index in [2.05, 4.69) is 42.2 Å². The van der Waals surface area contributed by atoms with E-state index in [0.717, 1.165) is 25.3 Å². The first-order chi connectivity index (χ1) is 8.24. The minimum absolute atomic E-state index is 0.0632. The topological polar surface area (TPSA) is 23.5 Å². The summed E-state index contributed by atoms with van der Waals surface area (Å²) in [5, 5.41) is 9.83. The summed E-state index contributed by atoms with van der Waals surface area (Å²) in [7, 11) is 0. The van der Waals surface area contributed by atoms with Gasteiger partial charge in [0.2, 0.25) is 0 Å². The Labute approximate surface area is 103 Å². The number of aliphatic hydroxyl groups is 1. The van der Waals surface area contributed by atoms with E-state index in [1.54, 1.807) is 0 Å². The zero-order valence-electron chi connectivity index (χ0n) is 10.4. The molecule has 3 rings (SSSR count). The first-order valence-corrected chi connectivity index (χ1v) is 6.73. The summed E-state index contributed by atoms with van der Waals surface area (Å²) in [5.74, 6) is 0.718. The summed E-state index contributed by atoms with van der Waals surface area (Å²) in [4.78, 5) is 2.59. The van der Waals surface area contributed by atoms with Gasteiger partial charge in [-0.05, 0) is 37.7 Å². The monoisotopic (exact) mass is 231 g/mol. The van der Waals surface area contributed by atoms with Crippen LogP contribution in [0.2, 0.25) is 0 Å². The number of hydrogen-bond donors (Lipinski definition) is 1. The summed E-state index contributed by atoms with van der Waals surface area (Å²) in [6, 6.07) is 11.8. The summed E-state index contributed by atoms with van der Waals surface area (Å²) >= 11 is 0. The SMILES string of the molecule is C[C@@H](c1ccccc1)N1C[C@H]2C[C@@H](O)C[C@@H]1C2. The third-order valence-electron chi connectivity index (χ3n) is 4.47. The Morgan fingerprint density at radius 2 is 1.94 bits per heavy atom. The highest BCUT2D eigenvalue weighted by atomic mass is 16.3. The normalized spacial score (nSPS) is 34.8. The Morgan fingerprint density at radius 3 is 2.71 bits per heavy atom. The van der Waals surface area contributed by atoms with Crippen molar-refractivity contribution in [1.29, 1.82) is 0 Å². The molecule has 1 saturated carbocycles. The predicted molar refractivity (Wildman–Crippen MR) is 68.7 cm³/mol. The average Bonchev–Trinajstić information content (AvgIpc) is 2.65. The molecule has 17 heavy (non-hydrogen) atoms. The van der Waals surface area contributed by atoms with E-state index in [1.807, 2.05) is 0 Å². The van der Waals surface area contributed by atoms with E-state index in [-0.39, 0.29) is 6.10 Å². The van der Waals surface area contributed by atoms with Crippen molar-refractivity contribution in [3.63, 3.8) is 0 Å². The molecular weight excluding hydrogens is 210 g/mol. The van der Waals surface area contributed by atoms with Crippen molar-refractivity contribution < 1.29 is 5.11 Å². The molecule has 1 aliphatic heterocycles. The van der Waals surface area contributed by atoms with Gasteiger partial charge >= 0.3 is 0 Å². The Morgan fingerprint density at radius 1 is 1.18 bits per heavy atom. The van der Waals surface area contributed by atoms with Gasteiger partial charge in [0.25, 0.3) is 0 Å². The van der Waals surface area contributed by atoms with Gasteiger partial charge in [-0.2, -0.15) is 0 Å². The summed E-state index contributed by atoms with van der Waals surface area (Å²) in [6.45, 7) is 3.46. The molecule has 2 aliphatic rings. The van der Waals surface area contributed by atoms with Gasteiger partial charge in [0.05, 0.1) is 6.10 Å². The molecule has 1 saturated heterocycles. The van der Waals surface area contributed by atoms with E-state index in [1.165, 1.54) is 12.0 Å².